The minimum atomic E-state index is -2.08. The predicted molar refractivity (Wildman–Crippen MR) is 48.9 cm³/mol. The molecule has 1 rings (SSSR count). The molecular weight excluding hydrogens is 288 g/mol. The molecule has 2 nitrogen and oxygen atoms in total. The Morgan fingerprint density at radius 1 is 1.42 bits per heavy atom. The van der Waals surface area contributed by atoms with E-state index in [2.05, 4.69) is 4.97 Å². The normalized spacial score (nSPS) is 12.8. The second-order valence-corrected chi connectivity index (χ2v) is 5.72. The third-order valence-electron chi connectivity index (χ3n) is 1.43. The van der Waals surface area contributed by atoms with Crippen LogP contribution in [0.5, 0.6) is 0 Å². The number of benzene rings is 1. The monoisotopic (exact) mass is 299 g/mol. The van der Waals surface area contributed by atoms with Gasteiger partial charge in [0.05, 0.1) is 0 Å². The molecule has 0 spiro atoms. The Morgan fingerprint density at radius 3 is 2.42 bits per heavy atom. The van der Waals surface area contributed by atoms with Gasteiger partial charge in [0.15, 0.2) is 0 Å². The van der Waals surface area contributed by atoms with Crippen LogP contribution in [0.3, 0.4) is 0 Å². The summed E-state index contributed by atoms with van der Waals surface area (Å²) in [6, 6.07) is 7.08. The molecule has 0 aliphatic heterocycles. The first kappa shape index (κ1) is 10.2. The van der Waals surface area contributed by atoms with Gasteiger partial charge in [0.1, 0.15) is 0 Å². The van der Waals surface area contributed by atoms with Crippen LogP contribution >= 0.6 is 0 Å². The first-order valence-corrected chi connectivity index (χ1v) is 8.46. The molecule has 0 saturated heterocycles. The molecule has 0 aliphatic rings. The average molecular weight is 297 g/mol. The summed E-state index contributed by atoms with van der Waals surface area (Å²) in [7, 11) is 0. The van der Waals surface area contributed by atoms with Crippen molar-refractivity contribution in [2.24, 2.45) is 0 Å². The van der Waals surface area contributed by atoms with E-state index in [4.69, 9.17) is 0 Å². The predicted octanol–water partition coefficient (Wildman–Crippen LogP) is 1.18. The van der Waals surface area contributed by atoms with E-state index in [1.54, 1.807) is 12.1 Å². The van der Waals surface area contributed by atoms with Crippen LogP contribution in [0.25, 0.3) is 0 Å². The summed E-state index contributed by atoms with van der Waals surface area (Å²) in [6.45, 7) is 0. The average Bonchev–Trinajstić information content (AvgIpc) is 2.06. The quantitative estimate of drug-likeness (QED) is 0.621. The van der Waals surface area contributed by atoms with Gasteiger partial charge < -0.3 is 0 Å². The van der Waals surface area contributed by atoms with E-state index in [1.165, 1.54) is 5.56 Å². The van der Waals surface area contributed by atoms with E-state index < -0.39 is 11.1 Å². The molecule has 66 valence electrons. The third-order valence-corrected chi connectivity index (χ3v) is 3.86. The van der Waals surface area contributed by atoms with Gasteiger partial charge in [0, 0.05) is 0 Å². The first-order valence-electron chi connectivity index (χ1n) is 3.41. The van der Waals surface area contributed by atoms with Crippen molar-refractivity contribution in [1.29, 1.82) is 0 Å². The molecule has 0 saturated carbocycles. The standard InChI is InChI=1S/C8H10O2STe/c1-12-6-7-2-4-8(5-3-7)11(9)10/h2-5H,6H2,1H3,(H,9,10)/p-1. The van der Waals surface area contributed by atoms with Crippen molar-refractivity contribution in [2.75, 3.05) is 0 Å². The zero-order chi connectivity index (χ0) is 8.97. The number of rotatable bonds is 3. The molecule has 0 aromatic heterocycles. The van der Waals surface area contributed by atoms with Crippen molar-refractivity contribution in [3.63, 3.8) is 0 Å². The molecule has 0 bridgehead atoms. The summed E-state index contributed by atoms with van der Waals surface area (Å²) < 4.78 is 22.1. The van der Waals surface area contributed by atoms with Crippen LogP contribution in [0.4, 0.5) is 0 Å². The van der Waals surface area contributed by atoms with Gasteiger partial charge in [0.2, 0.25) is 0 Å². The number of hydrogen-bond acceptors (Lipinski definition) is 2. The molecule has 0 amide bonds. The third kappa shape index (κ3) is 2.87. The van der Waals surface area contributed by atoms with E-state index in [9.17, 15) is 8.76 Å². The SMILES string of the molecule is C[Te]Cc1ccc(S(=O)[O-])cc1. The van der Waals surface area contributed by atoms with E-state index in [-0.39, 0.29) is 20.9 Å². The fraction of sp³-hybridized carbons (Fsp3) is 0.250. The fourth-order valence-corrected chi connectivity index (χ4v) is 2.72. The molecule has 0 radical (unpaired) electrons. The van der Waals surface area contributed by atoms with Crippen LogP contribution in [0.2, 0.25) is 4.97 Å². The molecule has 4 heteroatoms. The van der Waals surface area contributed by atoms with Crippen molar-refractivity contribution >= 4 is 32.0 Å². The summed E-state index contributed by atoms with van der Waals surface area (Å²) in [5.41, 5.74) is 1.24. The van der Waals surface area contributed by atoms with Gasteiger partial charge in [-0.1, -0.05) is 0 Å². The van der Waals surface area contributed by atoms with Gasteiger partial charge in [0.25, 0.3) is 0 Å². The van der Waals surface area contributed by atoms with E-state index in [1.807, 2.05) is 12.1 Å². The topological polar surface area (TPSA) is 40.1 Å². The van der Waals surface area contributed by atoms with Crippen LogP contribution < -0.4 is 0 Å². The van der Waals surface area contributed by atoms with Gasteiger partial charge in [-0.05, 0) is 0 Å². The maximum absolute atomic E-state index is 10.5. The maximum atomic E-state index is 10.5. The molecule has 0 fully saturated rings. The Kier molecular flexibility index (Phi) is 4.23. The Hall–Kier alpha value is 0.120. The van der Waals surface area contributed by atoms with Gasteiger partial charge in [-0.2, -0.15) is 0 Å². The summed E-state index contributed by atoms with van der Waals surface area (Å²) >= 11 is -1.98. The van der Waals surface area contributed by atoms with Gasteiger partial charge >= 0.3 is 84.9 Å². The second-order valence-electron chi connectivity index (χ2n) is 2.31. The van der Waals surface area contributed by atoms with Crippen LogP contribution in [0, 0.1) is 0 Å². The molecule has 1 atom stereocenters. The molecule has 1 aromatic carbocycles. The summed E-state index contributed by atoms with van der Waals surface area (Å²) in [5.74, 6) is 0. The fourth-order valence-electron chi connectivity index (χ4n) is 0.863. The Morgan fingerprint density at radius 2 is 2.00 bits per heavy atom. The van der Waals surface area contributed by atoms with Gasteiger partial charge in [-0.3, -0.25) is 0 Å². The van der Waals surface area contributed by atoms with E-state index >= 15 is 0 Å². The van der Waals surface area contributed by atoms with Crippen molar-refractivity contribution in [2.45, 2.75) is 14.3 Å². The van der Waals surface area contributed by atoms with Gasteiger partial charge in [-0.25, -0.2) is 0 Å². The molecule has 0 N–H and O–H groups in total. The van der Waals surface area contributed by atoms with Gasteiger partial charge in [-0.15, -0.1) is 0 Å². The van der Waals surface area contributed by atoms with Crippen LogP contribution in [-0.2, 0) is 15.5 Å². The van der Waals surface area contributed by atoms with Crippen LogP contribution in [0.1, 0.15) is 5.56 Å². The molecule has 1 unspecified atom stereocenters. The van der Waals surface area contributed by atoms with E-state index in [0.717, 1.165) is 4.47 Å². The van der Waals surface area contributed by atoms with E-state index in [0.29, 0.717) is 4.90 Å². The minimum absolute atomic E-state index is 0.0975. The molecule has 0 heterocycles. The summed E-state index contributed by atoms with van der Waals surface area (Å²) in [4.78, 5) is 2.60. The van der Waals surface area contributed by atoms with Crippen molar-refractivity contribution in [3.8, 4) is 0 Å². The van der Waals surface area contributed by atoms with Crippen LogP contribution in [0.15, 0.2) is 29.2 Å². The second kappa shape index (κ2) is 4.98. The zero-order valence-electron chi connectivity index (χ0n) is 6.65. The Labute approximate surface area is 84.7 Å². The zero-order valence-corrected chi connectivity index (χ0v) is 9.80. The molecule has 0 aliphatic carbocycles. The van der Waals surface area contributed by atoms with Crippen molar-refractivity contribution in [1.82, 2.24) is 0 Å². The summed E-state index contributed by atoms with van der Waals surface area (Å²) in [6.07, 6.45) is 0. The summed E-state index contributed by atoms with van der Waals surface area (Å²) in [5, 5.41) is 0. The Bertz CT molecular complexity index is 271. The van der Waals surface area contributed by atoms with Crippen LogP contribution in [-0.4, -0.2) is 29.7 Å². The molecular formula is C8H9O2STe-. The van der Waals surface area contributed by atoms with Crippen molar-refractivity contribution < 1.29 is 8.76 Å². The number of hydrogen-bond donors (Lipinski definition) is 0. The molecule has 1 aromatic rings. The molecule has 12 heavy (non-hydrogen) atoms. The Balaban J connectivity index is 2.78. The first-order chi connectivity index (χ1) is 5.74. The van der Waals surface area contributed by atoms with Crippen molar-refractivity contribution in [3.05, 3.63) is 29.8 Å².